The van der Waals surface area contributed by atoms with Crippen LogP contribution in [0.3, 0.4) is 0 Å². The third-order valence-corrected chi connectivity index (χ3v) is 5.04. The van der Waals surface area contributed by atoms with Crippen molar-refractivity contribution in [2.75, 3.05) is 5.32 Å². The molecule has 1 aromatic heterocycles. The maximum absolute atomic E-state index is 12.2. The molecule has 2 aromatic carbocycles. The summed E-state index contributed by atoms with van der Waals surface area (Å²) in [6.45, 7) is 2.06. The van der Waals surface area contributed by atoms with Gasteiger partial charge in [-0.2, -0.15) is 0 Å². The molecule has 1 unspecified atom stereocenters. The molecule has 0 bridgehead atoms. The number of nitrogens with zero attached hydrogens (tertiary/aromatic N) is 1. The zero-order valence-electron chi connectivity index (χ0n) is 13.2. The van der Waals surface area contributed by atoms with Crippen LogP contribution in [0, 0.1) is 0 Å². The number of aromatic nitrogens is 1. The smallest absolute Gasteiger partial charge is 0.226 e. The van der Waals surface area contributed by atoms with Crippen molar-refractivity contribution in [2.45, 2.75) is 19.3 Å². The van der Waals surface area contributed by atoms with Crippen LogP contribution < -0.4 is 5.32 Å². The van der Waals surface area contributed by atoms with Crippen molar-refractivity contribution in [1.29, 1.82) is 0 Å². The van der Waals surface area contributed by atoms with E-state index < -0.39 is 0 Å². The van der Waals surface area contributed by atoms with Crippen molar-refractivity contribution < 1.29 is 4.79 Å². The summed E-state index contributed by atoms with van der Waals surface area (Å²) in [5.41, 5.74) is 3.08. The molecular formula is C19H17BrN2OS. The van der Waals surface area contributed by atoms with E-state index in [1.165, 1.54) is 16.9 Å². The molecule has 0 saturated heterocycles. The van der Waals surface area contributed by atoms with Gasteiger partial charge in [-0.25, -0.2) is 4.98 Å². The van der Waals surface area contributed by atoms with E-state index in [9.17, 15) is 4.79 Å². The summed E-state index contributed by atoms with van der Waals surface area (Å²) in [4.78, 5) is 16.7. The molecule has 3 aromatic rings. The first-order valence-electron chi connectivity index (χ1n) is 7.68. The van der Waals surface area contributed by atoms with Crippen LogP contribution in [0.2, 0.25) is 0 Å². The van der Waals surface area contributed by atoms with Gasteiger partial charge in [0.2, 0.25) is 5.91 Å². The molecule has 122 valence electrons. The highest BCUT2D eigenvalue weighted by Gasteiger charge is 2.13. The van der Waals surface area contributed by atoms with E-state index in [0.29, 0.717) is 11.6 Å². The minimum Gasteiger partial charge on any atom is -0.302 e. The summed E-state index contributed by atoms with van der Waals surface area (Å²) in [6.07, 6.45) is 0.442. The maximum Gasteiger partial charge on any atom is 0.226 e. The fourth-order valence-corrected chi connectivity index (χ4v) is 3.43. The van der Waals surface area contributed by atoms with Gasteiger partial charge in [-0.15, -0.1) is 11.3 Å². The number of amides is 1. The number of hydrogen-bond acceptors (Lipinski definition) is 3. The van der Waals surface area contributed by atoms with Crippen LogP contribution in [0.5, 0.6) is 0 Å². The standard InChI is InChI=1S/C19H17BrN2OS/c1-13(14-5-3-2-4-6-14)11-18(23)22-19-21-17(12-24-19)15-7-9-16(20)10-8-15/h2-10,12-13H,11H2,1H3,(H,21,22,23). The van der Waals surface area contributed by atoms with Crippen molar-refractivity contribution in [3.8, 4) is 11.3 Å². The highest BCUT2D eigenvalue weighted by Crippen LogP contribution is 2.27. The van der Waals surface area contributed by atoms with Gasteiger partial charge in [0.1, 0.15) is 0 Å². The summed E-state index contributed by atoms with van der Waals surface area (Å²) in [6, 6.07) is 18.0. The first-order chi connectivity index (χ1) is 11.6. The first kappa shape index (κ1) is 16.9. The van der Waals surface area contributed by atoms with Crippen molar-refractivity contribution >= 4 is 38.3 Å². The topological polar surface area (TPSA) is 42.0 Å². The number of nitrogens with one attached hydrogen (secondary N) is 1. The van der Waals surface area contributed by atoms with Crippen LogP contribution in [0.1, 0.15) is 24.8 Å². The van der Waals surface area contributed by atoms with Crippen molar-refractivity contribution in [3.63, 3.8) is 0 Å². The lowest BCUT2D eigenvalue weighted by Gasteiger charge is -2.10. The number of benzene rings is 2. The molecule has 0 aliphatic rings. The minimum atomic E-state index is -0.0111. The number of carbonyl (C=O) groups is 1. The zero-order valence-corrected chi connectivity index (χ0v) is 15.6. The van der Waals surface area contributed by atoms with Gasteiger partial charge in [-0.3, -0.25) is 4.79 Å². The molecule has 1 N–H and O–H groups in total. The average molecular weight is 401 g/mol. The number of anilines is 1. The fourth-order valence-electron chi connectivity index (χ4n) is 2.43. The Balaban J connectivity index is 1.62. The first-order valence-corrected chi connectivity index (χ1v) is 9.35. The highest BCUT2D eigenvalue weighted by atomic mass is 79.9. The molecule has 0 radical (unpaired) electrons. The molecule has 0 aliphatic heterocycles. The van der Waals surface area contributed by atoms with Crippen LogP contribution in [0.15, 0.2) is 64.5 Å². The molecule has 0 spiro atoms. The molecule has 1 atom stereocenters. The van der Waals surface area contributed by atoms with Crippen molar-refractivity contribution in [2.24, 2.45) is 0 Å². The Bertz CT molecular complexity index is 815. The minimum absolute atomic E-state index is 0.0111. The van der Waals surface area contributed by atoms with Crippen LogP contribution in [0.25, 0.3) is 11.3 Å². The SMILES string of the molecule is CC(CC(=O)Nc1nc(-c2ccc(Br)cc2)cs1)c1ccccc1. The van der Waals surface area contributed by atoms with Gasteiger partial charge >= 0.3 is 0 Å². The third kappa shape index (κ3) is 4.30. The summed E-state index contributed by atoms with van der Waals surface area (Å²) in [5.74, 6) is 0.167. The Morgan fingerprint density at radius 2 is 1.88 bits per heavy atom. The van der Waals surface area contributed by atoms with Gasteiger partial charge in [0.15, 0.2) is 5.13 Å². The predicted octanol–water partition coefficient (Wildman–Crippen LogP) is 5.70. The van der Waals surface area contributed by atoms with Gasteiger partial charge in [-0.1, -0.05) is 65.3 Å². The van der Waals surface area contributed by atoms with E-state index in [1.54, 1.807) is 0 Å². The molecule has 0 aliphatic carbocycles. The number of halogens is 1. The Labute approximate surface area is 153 Å². The van der Waals surface area contributed by atoms with Crippen LogP contribution in [-0.2, 0) is 4.79 Å². The Morgan fingerprint density at radius 1 is 1.17 bits per heavy atom. The second-order valence-corrected chi connectivity index (χ2v) is 7.38. The molecular weight excluding hydrogens is 384 g/mol. The Morgan fingerprint density at radius 3 is 2.58 bits per heavy atom. The molecule has 5 heteroatoms. The largest absolute Gasteiger partial charge is 0.302 e. The van der Waals surface area contributed by atoms with Gasteiger partial charge in [0, 0.05) is 21.8 Å². The number of rotatable bonds is 5. The summed E-state index contributed by atoms with van der Waals surface area (Å²) in [7, 11) is 0. The van der Waals surface area contributed by atoms with Crippen molar-refractivity contribution in [1.82, 2.24) is 4.98 Å². The lowest BCUT2D eigenvalue weighted by molar-refractivity contribution is -0.116. The summed E-state index contributed by atoms with van der Waals surface area (Å²) < 4.78 is 1.03. The van der Waals surface area contributed by atoms with Crippen molar-refractivity contribution in [3.05, 3.63) is 70.0 Å². The molecule has 0 saturated carbocycles. The Kier molecular flexibility index (Phi) is 5.43. The molecule has 1 amide bonds. The molecule has 3 rings (SSSR count). The number of carbonyl (C=O) groups excluding carboxylic acids is 1. The maximum atomic E-state index is 12.2. The second kappa shape index (κ2) is 7.73. The second-order valence-electron chi connectivity index (χ2n) is 5.61. The fraction of sp³-hybridized carbons (Fsp3) is 0.158. The number of hydrogen-bond donors (Lipinski definition) is 1. The van der Waals surface area contributed by atoms with Gasteiger partial charge in [0.05, 0.1) is 5.69 Å². The zero-order chi connectivity index (χ0) is 16.9. The van der Waals surface area contributed by atoms with Crippen LogP contribution >= 0.6 is 27.3 Å². The van der Waals surface area contributed by atoms with E-state index in [4.69, 9.17) is 0 Å². The molecule has 0 fully saturated rings. The highest BCUT2D eigenvalue weighted by molar-refractivity contribution is 9.10. The van der Waals surface area contributed by atoms with Crippen LogP contribution in [0.4, 0.5) is 5.13 Å². The van der Waals surface area contributed by atoms with Gasteiger partial charge in [-0.05, 0) is 23.6 Å². The van der Waals surface area contributed by atoms with Crippen LogP contribution in [-0.4, -0.2) is 10.9 Å². The lowest BCUT2D eigenvalue weighted by atomic mass is 9.98. The van der Waals surface area contributed by atoms with Gasteiger partial charge < -0.3 is 5.32 Å². The molecule has 1 heterocycles. The third-order valence-electron chi connectivity index (χ3n) is 3.75. The van der Waals surface area contributed by atoms with E-state index in [0.717, 1.165) is 15.7 Å². The number of thiazole rings is 1. The summed E-state index contributed by atoms with van der Waals surface area (Å²) >= 11 is 4.87. The molecule has 24 heavy (non-hydrogen) atoms. The average Bonchev–Trinajstić information content (AvgIpc) is 3.04. The monoisotopic (exact) mass is 400 g/mol. The summed E-state index contributed by atoms with van der Waals surface area (Å²) in [5, 5.41) is 5.50. The van der Waals surface area contributed by atoms with E-state index in [2.05, 4.69) is 33.2 Å². The Hall–Kier alpha value is -1.98. The quantitative estimate of drug-likeness (QED) is 0.596. The van der Waals surface area contributed by atoms with E-state index in [-0.39, 0.29) is 11.8 Å². The van der Waals surface area contributed by atoms with E-state index in [1.807, 2.05) is 60.0 Å². The normalized spacial score (nSPS) is 11.9. The molecule has 3 nitrogen and oxygen atoms in total. The van der Waals surface area contributed by atoms with Gasteiger partial charge in [0.25, 0.3) is 0 Å². The lowest BCUT2D eigenvalue weighted by Crippen LogP contribution is -2.14. The van der Waals surface area contributed by atoms with E-state index >= 15 is 0 Å². The predicted molar refractivity (Wildman–Crippen MR) is 103 cm³/mol.